The Bertz CT molecular complexity index is 732. The third-order valence-corrected chi connectivity index (χ3v) is 3.88. The molecule has 3 heterocycles. The summed E-state index contributed by atoms with van der Waals surface area (Å²) in [5.74, 6) is 1.23. The van der Waals surface area contributed by atoms with Crippen LogP contribution in [0.3, 0.4) is 0 Å². The Balaban J connectivity index is 2.03. The Kier molecular flexibility index (Phi) is 3.95. The van der Waals surface area contributed by atoms with Gasteiger partial charge in [-0.1, -0.05) is 5.16 Å². The third-order valence-electron chi connectivity index (χ3n) is 3.88. The molecule has 1 fully saturated rings. The molecule has 0 amide bonds. The summed E-state index contributed by atoms with van der Waals surface area (Å²) in [7, 11) is 1.61. The molecule has 0 aliphatic carbocycles. The molecule has 23 heavy (non-hydrogen) atoms. The number of nitro groups is 1. The summed E-state index contributed by atoms with van der Waals surface area (Å²) in [6.07, 6.45) is 2.12. The first kappa shape index (κ1) is 15.3. The molecule has 0 N–H and O–H groups in total. The smallest absolute Gasteiger partial charge is 0.311 e. The fourth-order valence-electron chi connectivity index (χ4n) is 2.79. The number of rotatable bonds is 4. The van der Waals surface area contributed by atoms with Gasteiger partial charge in [0, 0.05) is 32.3 Å². The number of hydrogen-bond acceptors (Lipinski definition) is 8. The molecular formula is C14H17N5O4. The van der Waals surface area contributed by atoms with Gasteiger partial charge in [-0.05, 0) is 19.4 Å². The van der Waals surface area contributed by atoms with E-state index in [0.717, 1.165) is 5.56 Å². The van der Waals surface area contributed by atoms with Gasteiger partial charge in [-0.25, -0.2) is 4.98 Å². The lowest BCUT2D eigenvalue weighted by Crippen LogP contribution is -2.26. The predicted molar refractivity (Wildman–Crippen MR) is 80.2 cm³/mol. The molecule has 0 aromatic carbocycles. The van der Waals surface area contributed by atoms with E-state index in [4.69, 9.17) is 9.26 Å². The number of hydrogen-bond donors (Lipinski definition) is 0. The van der Waals surface area contributed by atoms with Crippen molar-refractivity contribution in [3.05, 3.63) is 39.7 Å². The molecule has 9 nitrogen and oxygen atoms in total. The van der Waals surface area contributed by atoms with Crippen molar-refractivity contribution in [2.75, 3.05) is 18.6 Å². The molecule has 2 aromatic rings. The van der Waals surface area contributed by atoms with E-state index in [2.05, 4.69) is 15.1 Å². The van der Waals surface area contributed by atoms with Crippen molar-refractivity contribution in [2.45, 2.75) is 32.4 Å². The van der Waals surface area contributed by atoms with Crippen LogP contribution in [-0.2, 0) is 4.74 Å². The molecule has 0 spiro atoms. The van der Waals surface area contributed by atoms with Crippen LogP contribution in [0, 0.1) is 24.0 Å². The maximum absolute atomic E-state index is 11.4. The Morgan fingerprint density at radius 2 is 2.26 bits per heavy atom. The van der Waals surface area contributed by atoms with Crippen molar-refractivity contribution in [3.63, 3.8) is 0 Å². The first-order chi connectivity index (χ1) is 11.0. The summed E-state index contributed by atoms with van der Waals surface area (Å²) in [5.41, 5.74) is 0.691. The minimum atomic E-state index is -0.425. The van der Waals surface area contributed by atoms with Crippen LogP contribution in [0.5, 0.6) is 0 Å². The van der Waals surface area contributed by atoms with Crippen molar-refractivity contribution < 1.29 is 14.2 Å². The average molecular weight is 319 g/mol. The zero-order valence-corrected chi connectivity index (χ0v) is 13.1. The summed E-state index contributed by atoms with van der Waals surface area (Å²) < 4.78 is 10.7. The van der Waals surface area contributed by atoms with Gasteiger partial charge < -0.3 is 14.2 Å². The predicted octanol–water partition coefficient (Wildman–Crippen LogP) is 1.96. The Morgan fingerprint density at radius 1 is 1.48 bits per heavy atom. The van der Waals surface area contributed by atoms with E-state index in [1.807, 2.05) is 0 Å². The lowest BCUT2D eigenvalue weighted by Gasteiger charge is -2.22. The van der Waals surface area contributed by atoms with E-state index >= 15 is 0 Å². The molecule has 3 rings (SSSR count). The fourth-order valence-corrected chi connectivity index (χ4v) is 2.79. The molecule has 2 atom stereocenters. The molecule has 122 valence electrons. The van der Waals surface area contributed by atoms with E-state index < -0.39 is 4.92 Å². The van der Waals surface area contributed by atoms with Crippen LogP contribution in [0.4, 0.5) is 11.5 Å². The van der Waals surface area contributed by atoms with Gasteiger partial charge in [-0.3, -0.25) is 10.1 Å². The molecule has 1 saturated heterocycles. The number of methoxy groups -OCH3 is 1. The number of ether oxygens (including phenoxy) is 1. The zero-order valence-electron chi connectivity index (χ0n) is 13.1. The summed E-state index contributed by atoms with van der Waals surface area (Å²) in [6, 6.07) is 1.22. The van der Waals surface area contributed by atoms with E-state index in [1.165, 1.54) is 6.07 Å². The topological polar surface area (TPSA) is 107 Å². The Labute approximate surface area is 132 Å². The highest BCUT2D eigenvalue weighted by Crippen LogP contribution is 2.39. The second-order valence-corrected chi connectivity index (χ2v) is 5.55. The van der Waals surface area contributed by atoms with Gasteiger partial charge in [-0.2, -0.15) is 4.98 Å². The Hall–Kier alpha value is -2.55. The maximum Gasteiger partial charge on any atom is 0.311 e. The first-order valence-corrected chi connectivity index (χ1v) is 7.20. The van der Waals surface area contributed by atoms with Gasteiger partial charge in [0.2, 0.25) is 11.7 Å². The SMILES string of the molecule is COC1CC(c2nc(C)no2)N(c2ncc(C)cc2[N+](=O)[O-])C1. The maximum atomic E-state index is 11.4. The molecule has 2 unspecified atom stereocenters. The summed E-state index contributed by atoms with van der Waals surface area (Å²) in [6.45, 7) is 3.97. The Morgan fingerprint density at radius 3 is 2.87 bits per heavy atom. The van der Waals surface area contributed by atoms with Crippen molar-refractivity contribution in [1.82, 2.24) is 15.1 Å². The number of aryl methyl sites for hydroxylation is 2. The third kappa shape index (κ3) is 2.87. The van der Waals surface area contributed by atoms with Crippen molar-refractivity contribution in [3.8, 4) is 0 Å². The molecule has 9 heteroatoms. The minimum absolute atomic E-state index is 0.0389. The van der Waals surface area contributed by atoms with Gasteiger partial charge in [0.15, 0.2) is 5.82 Å². The highest BCUT2D eigenvalue weighted by Gasteiger charge is 2.40. The number of aromatic nitrogens is 3. The summed E-state index contributed by atoms with van der Waals surface area (Å²) >= 11 is 0. The molecule has 1 aliphatic heterocycles. The molecule has 0 bridgehead atoms. The van der Waals surface area contributed by atoms with Crippen molar-refractivity contribution in [1.29, 1.82) is 0 Å². The number of pyridine rings is 1. The quantitative estimate of drug-likeness (QED) is 0.621. The molecule has 0 saturated carbocycles. The lowest BCUT2D eigenvalue weighted by molar-refractivity contribution is -0.384. The fraction of sp³-hybridized carbons (Fsp3) is 0.500. The van der Waals surface area contributed by atoms with E-state index in [-0.39, 0.29) is 17.8 Å². The molecule has 2 aromatic heterocycles. The number of anilines is 1. The summed E-state index contributed by atoms with van der Waals surface area (Å²) in [5, 5.41) is 15.2. The molecule has 0 radical (unpaired) electrons. The van der Waals surface area contributed by atoms with Crippen LogP contribution in [0.1, 0.15) is 29.7 Å². The van der Waals surface area contributed by atoms with Crippen LogP contribution in [0.25, 0.3) is 0 Å². The average Bonchev–Trinajstić information content (AvgIpc) is 3.13. The first-order valence-electron chi connectivity index (χ1n) is 7.20. The standard InChI is InChI=1S/C14H17N5O4/c1-8-4-11(19(20)21)13(15-6-8)18-7-10(22-3)5-12(18)14-16-9(2)17-23-14/h4,6,10,12H,5,7H2,1-3H3. The highest BCUT2D eigenvalue weighted by atomic mass is 16.6. The largest absolute Gasteiger partial charge is 0.380 e. The molecular weight excluding hydrogens is 302 g/mol. The monoisotopic (exact) mass is 319 g/mol. The van der Waals surface area contributed by atoms with Gasteiger partial charge in [0.05, 0.1) is 11.0 Å². The van der Waals surface area contributed by atoms with Crippen LogP contribution in [0.15, 0.2) is 16.8 Å². The van der Waals surface area contributed by atoms with Gasteiger partial charge >= 0.3 is 5.69 Å². The van der Waals surface area contributed by atoms with Crippen LogP contribution >= 0.6 is 0 Å². The summed E-state index contributed by atoms with van der Waals surface area (Å²) in [4.78, 5) is 21.3. The van der Waals surface area contributed by atoms with Crippen LogP contribution in [-0.4, -0.2) is 39.8 Å². The van der Waals surface area contributed by atoms with Crippen molar-refractivity contribution in [2.24, 2.45) is 0 Å². The lowest BCUT2D eigenvalue weighted by atomic mass is 10.2. The highest BCUT2D eigenvalue weighted by molar-refractivity contribution is 5.60. The molecule has 1 aliphatic rings. The zero-order chi connectivity index (χ0) is 16.6. The minimum Gasteiger partial charge on any atom is -0.380 e. The van der Waals surface area contributed by atoms with E-state index in [9.17, 15) is 10.1 Å². The second-order valence-electron chi connectivity index (χ2n) is 5.55. The normalized spacial score (nSPS) is 20.9. The second kappa shape index (κ2) is 5.92. The van der Waals surface area contributed by atoms with Gasteiger partial charge in [0.25, 0.3) is 0 Å². The van der Waals surface area contributed by atoms with E-state index in [0.29, 0.717) is 30.5 Å². The van der Waals surface area contributed by atoms with Gasteiger partial charge in [0.1, 0.15) is 6.04 Å². The number of nitrogens with zero attached hydrogens (tertiary/aromatic N) is 5. The van der Waals surface area contributed by atoms with Crippen LogP contribution < -0.4 is 4.90 Å². The van der Waals surface area contributed by atoms with Gasteiger partial charge in [-0.15, -0.1) is 0 Å². The van der Waals surface area contributed by atoms with E-state index in [1.54, 1.807) is 32.1 Å². The van der Waals surface area contributed by atoms with Crippen molar-refractivity contribution >= 4 is 11.5 Å². The van der Waals surface area contributed by atoms with Crippen LogP contribution in [0.2, 0.25) is 0 Å².